The van der Waals surface area contributed by atoms with Gasteiger partial charge in [-0.1, -0.05) is 12.1 Å². The van der Waals surface area contributed by atoms with E-state index in [0.29, 0.717) is 6.54 Å². The molecule has 104 valence electrons. The molecule has 1 aliphatic heterocycles. The molecule has 0 radical (unpaired) electrons. The lowest BCUT2D eigenvalue weighted by atomic mass is 10.2. The monoisotopic (exact) mass is 284 g/mol. The number of amides is 1. The Morgan fingerprint density at radius 1 is 1.37 bits per heavy atom. The van der Waals surface area contributed by atoms with Crippen molar-refractivity contribution in [2.75, 3.05) is 13.7 Å². The molecular weight excluding hydrogens is 268 g/mol. The number of sulfonamides is 1. The van der Waals surface area contributed by atoms with Crippen LogP contribution in [0.15, 0.2) is 24.3 Å². The second-order valence-corrected chi connectivity index (χ2v) is 6.38. The van der Waals surface area contributed by atoms with Crippen LogP contribution in [0.2, 0.25) is 0 Å². The number of benzene rings is 1. The van der Waals surface area contributed by atoms with Gasteiger partial charge in [0, 0.05) is 19.5 Å². The van der Waals surface area contributed by atoms with Gasteiger partial charge in [-0.05, 0) is 17.7 Å². The second-order valence-electron chi connectivity index (χ2n) is 4.54. The van der Waals surface area contributed by atoms with E-state index >= 15 is 0 Å². The molecule has 2 N–H and O–H groups in total. The lowest BCUT2D eigenvalue weighted by molar-refractivity contribution is -0.128. The maximum absolute atomic E-state index is 11.7. The zero-order valence-electron chi connectivity index (χ0n) is 10.6. The highest BCUT2D eigenvalue weighted by molar-refractivity contribution is 7.89. The Morgan fingerprint density at radius 3 is 2.47 bits per heavy atom. The van der Waals surface area contributed by atoms with E-state index < -0.39 is 15.3 Å². The summed E-state index contributed by atoms with van der Waals surface area (Å²) in [4.78, 5) is 13.3. The van der Waals surface area contributed by atoms with Gasteiger partial charge in [0.05, 0.1) is 7.11 Å². The van der Waals surface area contributed by atoms with E-state index in [1.54, 1.807) is 19.2 Å². The lowest BCUT2D eigenvalue weighted by Crippen LogP contribution is -2.31. The Kier molecular flexibility index (Phi) is 3.77. The van der Waals surface area contributed by atoms with Crippen molar-refractivity contribution in [1.29, 1.82) is 0 Å². The first-order valence-corrected chi connectivity index (χ1v) is 7.43. The smallest absolute Gasteiger partial charge is 0.224 e. The summed E-state index contributed by atoms with van der Waals surface area (Å²) in [6.07, 6.45) is -0.0327. The number of hydrogen-bond donors (Lipinski definition) is 1. The SMILES string of the molecule is COc1ccc(CN2CC(S(N)(=O)=O)CC2=O)cc1. The van der Waals surface area contributed by atoms with Crippen LogP contribution in [0.25, 0.3) is 0 Å². The van der Waals surface area contributed by atoms with E-state index in [9.17, 15) is 13.2 Å². The lowest BCUT2D eigenvalue weighted by Gasteiger charge is -2.16. The molecule has 1 aliphatic rings. The van der Waals surface area contributed by atoms with Crippen LogP contribution in [0.3, 0.4) is 0 Å². The van der Waals surface area contributed by atoms with Crippen LogP contribution in [0.4, 0.5) is 0 Å². The van der Waals surface area contributed by atoms with Gasteiger partial charge in [-0.2, -0.15) is 0 Å². The minimum Gasteiger partial charge on any atom is -0.497 e. The first kappa shape index (κ1) is 13.8. The van der Waals surface area contributed by atoms with Crippen molar-refractivity contribution >= 4 is 15.9 Å². The number of methoxy groups -OCH3 is 1. The molecular formula is C12H16N2O4S. The molecule has 7 heteroatoms. The highest BCUT2D eigenvalue weighted by Gasteiger charge is 2.36. The number of hydrogen-bond acceptors (Lipinski definition) is 4. The van der Waals surface area contributed by atoms with Crippen LogP contribution in [0.1, 0.15) is 12.0 Å². The minimum atomic E-state index is -3.65. The number of carbonyl (C=O) groups is 1. The molecule has 6 nitrogen and oxygen atoms in total. The third-order valence-corrected chi connectivity index (χ3v) is 4.42. The van der Waals surface area contributed by atoms with Gasteiger partial charge in [-0.25, -0.2) is 13.6 Å². The van der Waals surface area contributed by atoms with Gasteiger partial charge in [0.1, 0.15) is 11.0 Å². The molecule has 1 aromatic rings. The number of rotatable bonds is 4. The summed E-state index contributed by atoms with van der Waals surface area (Å²) in [7, 11) is -2.07. The normalized spacial score (nSPS) is 19.8. The Balaban J connectivity index is 2.05. The van der Waals surface area contributed by atoms with Crippen molar-refractivity contribution in [3.8, 4) is 5.75 Å². The number of ether oxygens (including phenoxy) is 1. The van der Waals surface area contributed by atoms with Crippen molar-refractivity contribution in [1.82, 2.24) is 4.90 Å². The average Bonchev–Trinajstić information content (AvgIpc) is 2.72. The van der Waals surface area contributed by atoms with Gasteiger partial charge in [0.15, 0.2) is 0 Å². The number of primary sulfonamides is 1. The summed E-state index contributed by atoms with van der Waals surface area (Å²) in [5.74, 6) is 0.550. The van der Waals surface area contributed by atoms with Crippen molar-refractivity contribution < 1.29 is 17.9 Å². The molecule has 1 heterocycles. The van der Waals surface area contributed by atoms with Crippen LogP contribution in [0, 0.1) is 0 Å². The molecule has 1 amide bonds. The first-order chi connectivity index (χ1) is 8.90. The van der Waals surface area contributed by atoms with E-state index in [4.69, 9.17) is 9.88 Å². The highest BCUT2D eigenvalue weighted by Crippen LogP contribution is 2.20. The third kappa shape index (κ3) is 3.24. The molecule has 1 atom stereocenters. The molecule has 1 saturated heterocycles. The van der Waals surface area contributed by atoms with Crippen molar-refractivity contribution in [3.05, 3.63) is 29.8 Å². The summed E-state index contributed by atoms with van der Waals surface area (Å²) in [5, 5.41) is 4.28. The zero-order chi connectivity index (χ0) is 14.0. The average molecular weight is 284 g/mol. The highest BCUT2D eigenvalue weighted by atomic mass is 32.2. The Morgan fingerprint density at radius 2 is 2.00 bits per heavy atom. The number of nitrogens with two attached hydrogens (primary N) is 1. The molecule has 2 rings (SSSR count). The Bertz CT molecular complexity index is 568. The predicted octanol–water partition coefficient (Wildman–Crippen LogP) is 0.0846. The predicted molar refractivity (Wildman–Crippen MR) is 69.9 cm³/mol. The third-order valence-electron chi connectivity index (χ3n) is 3.18. The minimum absolute atomic E-state index is 0.0327. The largest absolute Gasteiger partial charge is 0.497 e. The van der Waals surface area contributed by atoms with E-state index in [1.165, 1.54) is 4.90 Å². The summed E-state index contributed by atoms with van der Waals surface area (Å²) < 4.78 is 27.5. The van der Waals surface area contributed by atoms with Gasteiger partial charge >= 0.3 is 0 Å². The molecule has 1 unspecified atom stereocenters. The summed E-state index contributed by atoms with van der Waals surface area (Å²) >= 11 is 0. The Hall–Kier alpha value is -1.60. The standard InChI is InChI=1S/C12H16N2O4S/c1-18-10-4-2-9(3-5-10)7-14-8-11(6-12(14)15)19(13,16)17/h2-5,11H,6-8H2,1H3,(H2,13,16,17). The molecule has 0 spiro atoms. The van der Waals surface area contributed by atoms with E-state index in [2.05, 4.69) is 0 Å². The van der Waals surface area contributed by atoms with Crippen molar-refractivity contribution in [2.45, 2.75) is 18.2 Å². The second kappa shape index (κ2) is 5.18. The van der Waals surface area contributed by atoms with Gasteiger partial charge in [-0.15, -0.1) is 0 Å². The van der Waals surface area contributed by atoms with Crippen LogP contribution >= 0.6 is 0 Å². The fourth-order valence-corrected chi connectivity index (χ4v) is 2.82. The van der Waals surface area contributed by atoms with Crippen LogP contribution in [0.5, 0.6) is 5.75 Å². The number of nitrogens with zero attached hydrogens (tertiary/aromatic N) is 1. The fraction of sp³-hybridized carbons (Fsp3) is 0.417. The molecule has 0 aliphatic carbocycles. The molecule has 1 aromatic carbocycles. The van der Waals surface area contributed by atoms with Gasteiger partial charge in [0.25, 0.3) is 0 Å². The maximum Gasteiger partial charge on any atom is 0.224 e. The molecule has 0 aromatic heterocycles. The van der Waals surface area contributed by atoms with Crippen LogP contribution in [-0.4, -0.2) is 38.1 Å². The molecule has 1 fully saturated rings. The van der Waals surface area contributed by atoms with Crippen molar-refractivity contribution in [2.24, 2.45) is 5.14 Å². The van der Waals surface area contributed by atoms with Gasteiger partial charge in [0.2, 0.25) is 15.9 Å². The van der Waals surface area contributed by atoms with E-state index in [0.717, 1.165) is 11.3 Å². The van der Waals surface area contributed by atoms with Gasteiger partial charge < -0.3 is 9.64 Å². The van der Waals surface area contributed by atoms with E-state index in [1.807, 2.05) is 12.1 Å². The number of likely N-dealkylation sites (tertiary alicyclic amines) is 1. The van der Waals surface area contributed by atoms with Gasteiger partial charge in [-0.3, -0.25) is 4.79 Å². The number of carbonyl (C=O) groups excluding carboxylic acids is 1. The summed E-state index contributed by atoms with van der Waals surface area (Å²) in [5.41, 5.74) is 0.921. The molecule has 19 heavy (non-hydrogen) atoms. The summed E-state index contributed by atoms with van der Waals surface area (Å²) in [6.45, 7) is 0.540. The van der Waals surface area contributed by atoms with Crippen LogP contribution < -0.4 is 9.88 Å². The molecule has 0 bridgehead atoms. The van der Waals surface area contributed by atoms with E-state index in [-0.39, 0.29) is 18.9 Å². The van der Waals surface area contributed by atoms with Crippen molar-refractivity contribution in [3.63, 3.8) is 0 Å². The summed E-state index contributed by atoms with van der Waals surface area (Å²) in [6, 6.07) is 7.28. The van der Waals surface area contributed by atoms with Crippen LogP contribution in [-0.2, 0) is 21.4 Å². The fourth-order valence-electron chi connectivity index (χ4n) is 2.06. The molecule has 0 saturated carbocycles. The topological polar surface area (TPSA) is 89.7 Å². The maximum atomic E-state index is 11.7. The first-order valence-electron chi connectivity index (χ1n) is 5.82. The zero-order valence-corrected chi connectivity index (χ0v) is 11.4. The quantitative estimate of drug-likeness (QED) is 0.848. The Labute approximate surface area is 112 Å².